The van der Waals surface area contributed by atoms with Crippen LogP contribution in [0.25, 0.3) is 27.6 Å². The Hall–Kier alpha value is -2.61. The largest absolute Gasteiger partial charge is 0.307 e. The van der Waals surface area contributed by atoms with Crippen LogP contribution in [0.1, 0.15) is 25.0 Å². The number of nitrogens with zero attached hydrogens (tertiary/aromatic N) is 2. The minimum absolute atomic E-state index is 0.0117. The van der Waals surface area contributed by atoms with Crippen molar-refractivity contribution in [1.82, 2.24) is 9.55 Å². The highest BCUT2D eigenvalue weighted by molar-refractivity contribution is 6.09. The van der Waals surface area contributed by atoms with Crippen molar-refractivity contribution in [2.24, 2.45) is 0 Å². The Morgan fingerprint density at radius 3 is 2.55 bits per heavy atom. The minimum atomic E-state index is -0.0117. The highest BCUT2D eigenvalue weighted by Crippen LogP contribution is 2.46. The van der Waals surface area contributed by atoms with Gasteiger partial charge in [-0.2, -0.15) is 0 Å². The van der Waals surface area contributed by atoms with E-state index in [9.17, 15) is 0 Å². The summed E-state index contributed by atoms with van der Waals surface area (Å²) in [4.78, 5) is 4.69. The predicted molar refractivity (Wildman–Crippen MR) is 90.7 cm³/mol. The first kappa shape index (κ1) is 12.0. The Labute approximate surface area is 129 Å². The van der Waals surface area contributed by atoms with Crippen molar-refractivity contribution in [3.05, 3.63) is 71.9 Å². The first-order chi connectivity index (χ1) is 10.7. The van der Waals surface area contributed by atoms with Crippen molar-refractivity contribution in [2.75, 3.05) is 0 Å². The van der Waals surface area contributed by atoms with E-state index in [1.807, 2.05) is 6.20 Å². The molecular formula is C20H16N2. The first-order valence-electron chi connectivity index (χ1n) is 7.68. The van der Waals surface area contributed by atoms with Gasteiger partial charge >= 0.3 is 0 Å². The molecule has 0 unspecified atom stereocenters. The second-order valence-electron chi connectivity index (χ2n) is 6.55. The molecule has 1 aliphatic heterocycles. The van der Waals surface area contributed by atoms with Crippen LogP contribution in [-0.4, -0.2) is 9.55 Å². The van der Waals surface area contributed by atoms with Crippen LogP contribution >= 0.6 is 0 Å². The van der Waals surface area contributed by atoms with Crippen LogP contribution in [0.5, 0.6) is 0 Å². The van der Waals surface area contributed by atoms with Gasteiger partial charge in [0.15, 0.2) is 0 Å². The van der Waals surface area contributed by atoms with Crippen LogP contribution < -0.4 is 0 Å². The van der Waals surface area contributed by atoms with E-state index in [4.69, 9.17) is 4.98 Å². The molecule has 2 aromatic heterocycles. The first-order valence-corrected chi connectivity index (χ1v) is 7.68. The predicted octanol–water partition coefficient (Wildman–Crippen LogP) is 4.82. The van der Waals surface area contributed by atoms with Gasteiger partial charge in [-0.1, -0.05) is 50.2 Å². The number of hydrogen-bond donors (Lipinski definition) is 0. The number of aromatic nitrogens is 2. The van der Waals surface area contributed by atoms with Crippen molar-refractivity contribution in [3.8, 4) is 5.69 Å². The van der Waals surface area contributed by atoms with Crippen molar-refractivity contribution in [3.63, 3.8) is 0 Å². The number of rotatable bonds is 0. The fraction of sp³-hybridized carbons (Fsp3) is 0.150. The zero-order valence-electron chi connectivity index (χ0n) is 12.7. The highest BCUT2D eigenvalue weighted by Gasteiger charge is 2.34. The highest BCUT2D eigenvalue weighted by atomic mass is 15.0. The maximum atomic E-state index is 4.69. The fourth-order valence-corrected chi connectivity index (χ4v) is 3.96. The van der Waals surface area contributed by atoms with Gasteiger partial charge in [-0.15, -0.1) is 0 Å². The zero-order valence-corrected chi connectivity index (χ0v) is 12.7. The molecule has 0 fully saturated rings. The molecule has 0 aliphatic carbocycles. The van der Waals surface area contributed by atoms with Gasteiger partial charge < -0.3 is 4.57 Å². The van der Waals surface area contributed by atoms with E-state index < -0.39 is 0 Å². The minimum Gasteiger partial charge on any atom is -0.307 e. The third-order valence-corrected chi connectivity index (χ3v) is 5.04. The number of hydrogen-bond acceptors (Lipinski definition) is 1. The molecule has 0 amide bonds. The van der Waals surface area contributed by atoms with Crippen molar-refractivity contribution < 1.29 is 0 Å². The molecule has 0 radical (unpaired) electrons. The van der Waals surface area contributed by atoms with Gasteiger partial charge in [0.1, 0.15) is 0 Å². The van der Waals surface area contributed by atoms with Gasteiger partial charge in [0, 0.05) is 17.0 Å². The second kappa shape index (κ2) is 3.77. The van der Waals surface area contributed by atoms with E-state index in [-0.39, 0.29) is 5.41 Å². The summed E-state index contributed by atoms with van der Waals surface area (Å²) < 4.78 is 2.38. The summed E-state index contributed by atoms with van der Waals surface area (Å²) in [6.45, 7) is 4.61. The Balaban J connectivity index is 2.15. The molecule has 106 valence electrons. The maximum Gasteiger partial charge on any atom is 0.0966 e. The van der Waals surface area contributed by atoms with E-state index in [1.165, 1.54) is 33.2 Å². The quantitative estimate of drug-likeness (QED) is 0.453. The topological polar surface area (TPSA) is 17.8 Å². The molecule has 0 N–H and O–H groups in total. The lowest BCUT2D eigenvalue weighted by Crippen LogP contribution is -2.26. The van der Waals surface area contributed by atoms with Gasteiger partial charge in [0.25, 0.3) is 0 Å². The average molecular weight is 284 g/mol. The molecule has 2 nitrogen and oxygen atoms in total. The Morgan fingerprint density at radius 1 is 0.864 bits per heavy atom. The van der Waals surface area contributed by atoms with E-state index >= 15 is 0 Å². The van der Waals surface area contributed by atoms with Crippen molar-refractivity contribution in [1.29, 1.82) is 0 Å². The Bertz CT molecular complexity index is 1050. The van der Waals surface area contributed by atoms with Crippen LogP contribution in [0.2, 0.25) is 0 Å². The van der Waals surface area contributed by atoms with Crippen LogP contribution in [0.4, 0.5) is 0 Å². The van der Waals surface area contributed by atoms with E-state index in [1.54, 1.807) is 0 Å². The van der Waals surface area contributed by atoms with Crippen molar-refractivity contribution >= 4 is 21.9 Å². The lowest BCUT2D eigenvalue weighted by atomic mass is 9.75. The van der Waals surface area contributed by atoms with E-state index in [0.717, 1.165) is 5.52 Å². The SMILES string of the molecule is CC1(C)c2ccccc2-n2c3ccccc3c3nccc1c32. The maximum absolute atomic E-state index is 4.69. The molecule has 22 heavy (non-hydrogen) atoms. The third kappa shape index (κ3) is 1.24. The lowest BCUT2D eigenvalue weighted by molar-refractivity contribution is 0.629. The van der Waals surface area contributed by atoms with Gasteiger partial charge in [-0.25, -0.2) is 0 Å². The monoisotopic (exact) mass is 284 g/mol. The lowest BCUT2D eigenvalue weighted by Gasteiger charge is -2.34. The molecule has 0 saturated heterocycles. The smallest absolute Gasteiger partial charge is 0.0966 e. The van der Waals surface area contributed by atoms with Crippen LogP contribution in [0.15, 0.2) is 60.8 Å². The number of para-hydroxylation sites is 2. The summed E-state index contributed by atoms with van der Waals surface area (Å²) in [5.74, 6) is 0. The standard InChI is InChI=1S/C20H16N2/c1-20(2)14-8-4-6-10-17(14)22-16-9-5-3-7-13(16)18-19(22)15(20)11-12-21-18/h3-12H,1-2H3. The molecule has 0 atom stereocenters. The third-order valence-electron chi connectivity index (χ3n) is 5.04. The van der Waals surface area contributed by atoms with E-state index in [0.29, 0.717) is 0 Å². The molecule has 2 aromatic carbocycles. The zero-order chi connectivity index (χ0) is 14.9. The normalized spacial score (nSPS) is 15.2. The summed E-state index contributed by atoms with van der Waals surface area (Å²) in [6, 6.07) is 19.5. The number of fused-ring (bicyclic) bond motifs is 5. The molecular weight excluding hydrogens is 268 g/mol. The summed E-state index contributed by atoms with van der Waals surface area (Å²) in [5, 5.41) is 1.23. The van der Waals surface area contributed by atoms with Crippen LogP contribution in [-0.2, 0) is 5.41 Å². The summed E-state index contributed by atoms with van der Waals surface area (Å²) in [6.07, 6.45) is 1.95. The number of pyridine rings is 1. The van der Waals surface area contributed by atoms with E-state index in [2.05, 4.69) is 73.0 Å². The molecule has 1 aliphatic rings. The van der Waals surface area contributed by atoms with Gasteiger partial charge in [0.05, 0.1) is 22.2 Å². The molecule has 0 bridgehead atoms. The average Bonchev–Trinajstić information content (AvgIpc) is 2.88. The summed E-state index contributed by atoms with van der Waals surface area (Å²) in [7, 11) is 0. The molecule has 2 heteroatoms. The van der Waals surface area contributed by atoms with Gasteiger partial charge in [-0.05, 0) is 29.3 Å². The molecule has 3 heterocycles. The molecule has 5 rings (SSSR count). The van der Waals surface area contributed by atoms with Gasteiger partial charge in [-0.3, -0.25) is 4.98 Å². The fourth-order valence-electron chi connectivity index (χ4n) is 3.96. The Kier molecular flexibility index (Phi) is 2.06. The van der Waals surface area contributed by atoms with Gasteiger partial charge in [0.2, 0.25) is 0 Å². The Morgan fingerprint density at radius 2 is 1.64 bits per heavy atom. The summed E-state index contributed by atoms with van der Waals surface area (Å²) in [5.41, 5.74) is 7.59. The van der Waals surface area contributed by atoms with Crippen molar-refractivity contribution in [2.45, 2.75) is 19.3 Å². The number of benzene rings is 2. The molecule has 4 aromatic rings. The molecule has 0 saturated carbocycles. The molecule has 0 spiro atoms. The summed E-state index contributed by atoms with van der Waals surface area (Å²) >= 11 is 0. The van der Waals surface area contributed by atoms with Crippen LogP contribution in [0, 0.1) is 0 Å². The second-order valence-corrected chi connectivity index (χ2v) is 6.55. The van der Waals surface area contributed by atoms with Crippen LogP contribution in [0.3, 0.4) is 0 Å².